The highest BCUT2D eigenvalue weighted by atomic mass is 16.5. The van der Waals surface area contributed by atoms with Crippen molar-refractivity contribution in [3.05, 3.63) is 70.8 Å². The van der Waals surface area contributed by atoms with E-state index in [1.165, 1.54) is 7.11 Å². The van der Waals surface area contributed by atoms with Crippen molar-refractivity contribution in [1.29, 1.82) is 5.26 Å². The molecule has 0 aliphatic carbocycles. The molecule has 108 valence electrons. The molecule has 1 aliphatic heterocycles. The Hall–Kier alpha value is -3.06. The Morgan fingerprint density at radius 3 is 2.68 bits per heavy atom. The number of carbonyl (C=O) groups is 1. The van der Waals surface area contributed by atoms with Crippen molar-refractivity contribution in [3.8, 4) is 11.8 Å². The number of ether oxygens (including phenoxy) is 2. The van der Waals surface area contributed by atoms with Gasteiger partial charge in [-0.3, -0.25) is 0 Å². The van der Waals surface area contributed by atoms with Crippen molar-refractivity contribution in [2.45, 2.75) is 0 Å². The minimum atomic E-state index is -0.382. The first-order chi connectivity index (χ1) is 10.7. The molecule has 0 radical (unpaired) electrons. The summed E-state index contributed by atoms with van der Waals surface area (Å²) in [4.78, 5) is 11.7. The smallest absolute Gasteiger partial charge is 0.337 e. The summed E-state index contributed by atoms with van der Waals surface area (Å²) in [5.41, 5.74) is 3.90. The molecule has 0 unspecified atom stereocenters. The largest absolute Gasteiger partial charge is 0.489 e. The zero-order valence-electron chi connectivity index (χ0n) is 12.0. The zero-order chi connectivity index (χ0) is 15.5. The van der Waals surface area contributed by atoms with Gasteiger partial charge < -0.3 is 9.47 Å². The number of esters is 1. The molecule has 0 aromatic heterocycles. The van der Waals surface area contributed by atoms with Gasteiger partial charge in [0.15, 0.2) is 0 Å². The van der Waals surface area contributed by atoms with E-state index in [4.69, 9.17) is 14.7 Å². The number of hydrogen-bond donors (Lipinski definition) is 0. The monoisotopic (exact) mass is 291 g/mol. The number of fused-ring (bicyclic) bond motifs is 1. The van der Waals surface area contributed by atoms with Gasteiger partial charge in [0.1, 0.15) is 12.4 Å². The summed E-state index contributed by atoms with van der Waals surface area (Å²) >= 11 is 0. The van der Waals surface area contributed by atoms with E-state index in [2.05, 4.69) is 6.07 Å². The molecule has 22 heavy (non-hydrogen) atoms. The van der Waals surface area contributed by atoms with E-state index in [1.54, 1.807) is 30.3 Å². The molecule has 2 aromatic rings. The number of methoxy groups -OCH3 is 1. The summed E-state index contributed by atoms with van der Waals surface area (Å²) in [7, 11) is 1.36. The van der Waals surface area contributed by atoms with Crippen molar-refractivity contribution in [1.82, 2.24) is 0 Å². The number of hydrogen-bond acceptors (Lipinski definition) is 4. The van der Waals surface area contributed by atoms with Crippen molar-refractivity contribution < 1.29 is 14.3 Å². The van der Waals surface area contributed by atoms with Gasteiger partial charge >= 0.3 is 5.97 Å². The summed E-state index contributed by atoms with van der Waals surface area (Å²) in [6.45, 7) is 0.472. The Balaban J connectivity index is 2.06. The molecule has 4 nitrogen and oxygen atoms in total. The van der Waals surface area contributed by atoms with E-state index in [9.17, 15) is 4.79 Å². The minimum Gasteiger partial charge on any atom is -0.489 e. The van der Waals surface area contributed by atoms with Gasteiger partial charge in [0.2, 0.25) is 0 Å². The molecule has 0 bridgehead atoms. The Morgan fingerprint density at radius 2 is 2.00 bits per heavy atom. The second kappa shape index (κ2) is 5.74. The van der Waals surface area contributed by atoms with E-state index in [0.717, 1.165) is 22.4 Å². The average Bonchev–Trinajstić information content (AvgIpc) is 2.60. The van der Waals surface area contributed by atoms with E-state index < -0.39 is 0 Å². The standard InChI is InChI=1S/C18H13NO3/c1-21-18(20)14-6-7-17-16(10-14)15(8-9-22-17)13-4-2-12(11-19)3-5-13/h2-8,10H,9H2,1H3. The van der Waals surface area contributed by atoms with Crippen molar-refractivity contribution in [3.63, 3.8) is 0 Å². The molecule has 3 rings (SSSR count). The van der Waals surface area contributed by atoms with Crippen LogP contribution in [0.25, 0.3) is 5.57 Å². The van der Waals surface area contributed by atoms with Crippen LogP contribution >= 0.6 is 0 Å². The third-order valence-electron chi connectivity index (χ3n) is 3.54. The zero-order valence-corrected chi connectivity index (χ0v) is 12.0. The first-order valence-corrected chi connectivity index (χ1v) is 6.79. The fourth-order valence-electron chi connectivity index (χ4n) is 2.43. The highest BCUT2D eigenvalue weighted by Gasteiger charge is 2.18. The van der Waals surface area contributed by atoms with Gasteiger partial charge in [-0.1, -0.05) is 12.1 Å². The predicted molar refractivity (Wildman–Crippen MR) is 81.5 cm³/mol. The topological polar surface area (TPSA) is 59.3 Å². The third-order valence-corrected chi connectivity index (χ3v) is 3.54. The molecule has 1 heterocycles. The van der Waals surface area contributed by atoms with Crippen LogP contribution in [0.3, 0.4) is 0 Å². The van der Waals surface area contributed by atoms with Gasteiger partial charge in [0, 0.05) is 5.56 Å². The molecule has 1 aliphatic rings. The maximum absolute atomic E-state index is 11.7. The van der Waals surface area contributed by atoms with E-state index in [1.807, 2.05) is 18.2 Å². The summed E-state index contributed by atoms with van der Waals surface area (Å²) in [6.07, 6.45) is 1.96. The molecule has 0 N–H and O–H groups in total. The van der Waals surface area contributed by atoms with Crippen LogP contribution in [0.15, 0.2) is 48.5 Å². The highest BCUT2D eigenvalue weighted by molar-refractivity contribution is 5.93. The SMILES string of the molecule is COC(=O)c1ccc2c(c1)C(c1ccc(C#N)cc1)=CCO2. The number of nitrogens with zero attached hydrogens (tertiary/aromatic N) is 1. The van der Waals surface area contributed by atoms with Gasteiger partial charge in [-0.15, -0.1) is 0 Å². The van der Waals surface area contributed by atoms with Gasteiger partial charge in [0.05, 0.1) is 24.3 Å². The van der Waals surface area contributed by atoms with Crippen LogP contribution < -0.4 is 4.74 Å². The van der Waals surface area contributed by atoms with E-state index in [-0.39, 0.29) is 5.97 Å². The van der Waals surface area contributed by atoms with E-state index >= 15 is 0 Å². The summed E-state index contributed by atoms with van der Waals surface area (Å²) < 4.78 is 10.4. The Labute approximate surface area is 128 Å². The molecule has 0 fully saturated rings. The average molecular weight is 291 g/mol. The lowest BCUT2D eigenvalue weighted by Crippen LogP contribution is -2.08. The van der Waals surface area contributed by atoms with Crippen LogP contribution in [-0.4, -0.2) is 19.7 Å². The molecular formula is C18H13NO3. The highest BCUT2D eigenvalue weighted by Crippen LogP contribution is 2.35. The van der Waals surface area contributed by atoms with Gasteiger partial charge in [-0.25, -0.2) is 4.79 Å². The second-order valence-electron chi connectivity index (χ2n) is 4.82. The summed E-state index contributed by atoms with van der Waals surface area (Å²) in [6, 6.07) is 14.7. The van der Waals surface area contributed by atoms with Crippen molar-refractivity contribution in [2.75, 3.05) is 13.7 Å². The lowest BCUT2D eigenvalue weighted by atomic mass is 9.93. The molecule has 0 atom stereocenters. The molecule has 0 saturated heterocycles. The number of benzene rings is 2. The van der Waals surface area contributed by atoms with Crippen LogP contribution in [0.5, 0.6) is 5.75 Å². The lowest BCUT2D eigenvalue weighted by molar-refractivity contribution is 0.0600. The van der Waals surface area contributed by atoms with Crippen LogP contribution in [0.4, 0.5) is 0 Å². The molecule has 0 spiro atoms. The van der Waals surface area contributed by atoms with Crippen LogP contribution in [0.2, 0.25) is 0 Å². The number of nitriles is 1. The van der Waals surface area contributed by atoms with Crippen LogP contribution in [0.1, 0.15) is 27.0 Å². The lowest BCUT2D eigenvalue weighted by Gasteiger charge is -2.19. The number of carbonyl (C=O) groups excluding carboxylic acids is 1. The first-order valence-electron chi connectivity index (χ1n) is 6.79. The van der Waals surface area contributed by atoms with Crippen LogP contribution in [-0.2, 0) is 4.74 Å². The first kappa shape index (κ1) is 13.9. The predicted octanol–water partition coefficient (Wildman–Crippen LogP) is 3.17. The Kier molecular flexibility index (Phi) is 3.63. The van der Waals surface area contributed by atoms with Gasteiger partial charge in [-0.05, 0) is 47.5 Å². The molecule has 0 saturated carbocycles. The maximum atomic E-state index is 11.7. The quantitative estimate of drug-likeness (QED) is 0.797. The molecule has 0 amide bonds. The summed E-state index contributed by atoms with van der Waals surface area (Å²) in [5.74, 6) is 0.349. The maximum Gasteiger partial charge on any atom is 0.337 e. The van der Waals surface area contributed by atoms with Crippen molar-refractivity contribution in [2.24, 2.45) is 0 Å². The summed E-state index contributed by atoms with van der Waals surface area (Å²) in [5, 5.41) is 8.89. The number of rotatable bonds is 2. The Bertz CT molecular complexity index is 798. The fraction of sp³-hybridized carbons (Fsp3) is 0.111. The molecular weight excluding hydrogens is 278 g/mol. The van der Waals surface area contributed by atoms with Gasteiger partial charge in [0.25, 0.3) is 0 Å². The minimum absolute atomic E-state index is 0.382. The molecule has 4 heteroatoms. The fourth-order valence-corrected chi connectivity index (χ4v) is 2.43. The third kappa shape index (κ3) is 2.45. The van der Waals surface area contributed by atoms with E-state index in [0.29, 0.717) is 17.7 Å². The Morgan fingerprint density at radius 1 is 1.23 bits per heavy atom. The second-order valence-corrected chi connectivity index (χ2v) is 4.82. The normalized spacial score (nSPS) is 12.5. The van der Waals surface area contributed by atoms with Crippen LogP contribution in [0, 0.1) is 11.3 Å². The molecule has 2 aromatic carbocycles. The van der Waals surface area contributed by atoms with Crippen molar-refractivity contribution >= 4 is 11.5 Å². The van der Waals surface area contributed by atoms with Gasteiger partial charge in [-0.2, -0.15) is 5.26 Å².